The van der Waals surface area contributed by atoms with Crippen molar-refractivity contribution in [2.75, 3.05) is 0 Å². The molecule has 0 amide bonds. The summed E-state index contributed by atoms with van der Waals surface area (Å²) in [5.41, 5.74) is 12.3. The monoisotopic (exact) mass is 916 g/mol. The molecule has 2 aliphatic carbocycles. The smallest absolute Gasteiger partial charge is 0.309 e. The molecule has 0 saturated heterocycles. The fourth-order valence-corrected chi connectivity index (χ4v) is 8.38. The van der Waals surface area contributed by atoms with E-state index in [4.69, 9.17) is 0 Å². The van der Waals surface area contributed by atoms with Gasteiger partial charge in [0.15, 0.2) is 0 Å². The third-order valence-corrected chi connectivity index (χ3v) is 11.4. The Morgan fingerprint density at radius 1 is 0.632 bits per heavy atom. The minimum absolute atomic E-state index is 0.392. The number of nitrogens with zero attached hydrogens (tertiary/aromatic N) is 2. The third-order valence-electron chi connectivity index (χ3n) is 11.4. The standard InChI is InChI=1S/C54H40F6N2.2C2H6.C2H2/c1-36(53(55,56)57)16-5-4-6-17-37-30-40(38-18-15-19-42(33-38)54(58,59)60)32-41(31-37)39-28-29-43(61-49-24-8-3-2-7-20-45(49)46-21-9-12-25-50(46)61)35-44(34-39)62-51-26-13-10-22-47(51)48-23-11-14-27-52(48)62;3*1-2/h4-5,7-16,18-27,29-35H,2-3,6,17H2,1H3;2*1-2H3;1-2H/b5-4-,20-7-,24-8-,36-16+;;;. The molecule has 2 aromatic heterocycles. The van der Waals surface area contributed by atoms with Gasteiger partial charge < -0.3 is 9.13 Å². The number of halogens is 6. The SMILES string of the molecule is C#C.C/C(=C\C=C/CCc1cc(C2=C=CC(n3c4c(c5ccccc53)/C=C\CC/C=C\4)=CC(n3c4ccccc4c4ccccc43)=C2)cc(-c2cccc(C(F)(F)F)c2)c1)C(F)(F)F.CC.CC. The molecule has 0 bridgehead atoms. The highest BCUT2D eigenvalue weighted by molar-refractivity contribution is 6.11. The summed E-state index contributed by atoms with van der Waals surface area (Å²) in [5.74, 6) is 0. The van der Waals surface area contributed by atoms with Crippen LogP contribution in [-0.4, -0.2) is 15.3 Å². The third kappa shape index (κ3) is 10.9. The molecule has 0 fully saturated rings. The fraction of sp³-hybridized carbons (Fsp3) is 0.183. The maximum atomic E-state index is 14.0. The van der Waals surface area contributed by atoms with Gasteiger partial charge in [-0.3, -0.25) is 0 Å². The first-order valence-corrected chi connectivity index (χ1v) is 22.9. The van der Waals surface area contributed by atoms with Crippen molar-refractivity contribution >= 4 is 61.8 Å². The van der Waals surface area contributed by atoms with Gasteiger partial charge in [0.2, 0.25) is 0 Å². The minimum Gasteiger partial charge on any atom is -0.309 e. The Hall–Kier alpha value is -7.46. The van der Waals surface area contributed by atoms with E-state index in [0.29, 0.717) is 29.5 Å². The van der Waals surface area contributed by atoms with Crippen LogP contribution in [0.4, 0.5) is 26.3 Å². The Kier molecular flexibility index (Phi) is 16.4. The van der Waals surface area contributed by atoms with Crippen LogP contribution in [0.1, 0.15) is 81.8 Å². The molecular formula is C60H54F6N2. The number of terminal acetylenes is 1. The summed E-state index contributed by atoms with van der Waals surface area (Å²) in [4.78, 5) is 0. The number of fused-ring (bicyclic) bond motifs is 6. The molecule has 5 aromatic carbocycles. The van der Waals surface area contributed by atoms with Crippen molar-refractivity contribution in [2.45, 2.75) is 72.7 Å². The van der Waals surface area contributed by atoms with E-state index in [0.717, 1.165) is 104 Å². The molecule has 0 aliphatic heterocycles. The van der Waals surface area contributed by atoms with E-state index in [-0.39, 0.29) is 0 Å². The van der Waals surface area contributed by atoms with E-state index in [1.165, 1.54) is 12.1 Å². The van der Waals surface area contributed by atoms with E-state index in [1.54, 1.807) is 12.1 Å². The van der Waals surface area contributed by atoms with Crippen LogP contribution in [0.5, 0.6) is 0 Å². The van der Waals surface area contributed by atoms with Crippen LogP contribution in [0.2, 0.25) is 0 Å². The van der Waals surface area contributed by atoms with Gasteiger partial charge in [-0.1, -0.05) is 143 Å². The van der Waals surface area contributed by atoms with Gasteiger partial charge in [0.05, 0.1) is 33.5 Å². The van der Waals surface area contributed by atoms with E-state index < -0.39 is 23.5 Å². The Bertz CT molecular complexity index is 3140. The first-order chi connectivity index (χ1) is 32.9. The molecule has 2 heterocycles. The molecular weight excluding hydrogens is 863 g/mol. The number of rotatable bonds is 8. The van der Waals surface area contributed by atoms with Gasteiger partial charge in [-0.05, 0) is 109 Å². The molecule has 0 N–H and O–H groups in total. The van der Waals surface area contributed by atoms with Crippen molar-refractivity contribution < 1.29 is 26.3 Å². The Labute approximate surface area is 395 Å². The van der Waals surface area contributed by atoms with Crippen LogP contribution < -0.4 is 0 Å². The normalized spacial score (nSPS) is 14.7. The zero-order chi connectivity index (χ0) is 49.0. The summed E-state index contributed by atoms with van der Waals surface area (Å²) in [6, 6.07) is 35.9. The summed E-state index contributed by atoms with van der Waals surface area (Å²) in [5, 5.41) is 3.30. The van der Waals surface area contributed by atoms with Crippen molar-refractivity contribution in [3.05, 3.63) is 203 Å². The van der Waals surface area contributed by atoms with Crippen molar-refractivity contribution in [2.24, 2.45) is 0 Å². The van der Waals surface area contributed by atoms with Crippen LogP contribution in [0, 0.1) is 12.8 Å². The van der Waals surface area contributed by atoms with E-state index >= 15 is 0 Å². The molecule has 0 radical (unpaired) electrons. The van der Waals surface area contributed by atoms with E-state index in [2.05, 4.69) is 101 Å². The first-order valence-electron chi connectivity index (χ1n) is 22.9. The van der Waals surface area contributed by atoms with Crippen LogP contribution in [0.15, 0.2) is 175 Å². The van der Waals surface area contributed by atoms with Gasteiger partial charge in [-0.25, -0.2) is 0 Å². The number of hydrogen-bond donors (Lipinski definition) is 0. The summed E-state index contributed by atoms with van der Waals surface area (Å²) < 4.78 is 86.0. The Morgan fingerprint density at radius 3 is 1.85 bits per heavy atom. The second-order valence-corrected chi connectivity index (χ2v) is 15.6. The van der Waals surface area contributed by atoms with E-state index in [1.807, 2.05) is 88.4 Å². The molecule has 9 rings (SSSR count). The lowest BCUT2D eigenvalue weighted by atomic mass is 9.93. The van der Waals surface area contributed by atoms with E-state index in [9.17, 15) is 26.3 Å². The van der Waals surface area contributed by atoms with Crippen LogP contribution in [0.3, 0.4) is 0 Å². The fourth-order valence-electron chi connectivity index (χ4n) is 8.38. The largest absolute Gasteiger partial charge is 0.416 e. The van der Waals surface area contributed by atoms with Crippen molar-refractivity contribution in [3.63, 3.8) is 0 Å². The number of alkyl halides is 6. The van der Waals surface area contributed by atoms with Crippen LogP contribution >= 0.6 is 0 Å². The van der Waals surface area contributed by atoms with Gasteiger partial charge in [0.1, 0.15) is 0 Å². The molecule has 2 nitrogen and oxygen atoms in total. The highest BCUT2D eigenvalue weighted by Crippen LogP contribution is 2.39. The van der Waals surface area contributed by atoms with Gasteiger partial charge in [0, 0.05) is 44.6 Å². The summed E-state index contributed by atoms with van der Waals surface area (Å²) >= 11 is 0. The molecule has 346 valence electrons. The van der Waals surface area contributed by atoms with Crippen LogP contribution in [0.25, 0.3) is 73.0 Å². The van der Waals surface area contributed by atoms with Crippen molar-refractivity contribution in [1.82, 2.24) is 9.13 Å². The zero-order valence-electron chi connectivity index (χ0n) is 38.9. The average molecular weight is 917 g/mol. The molecule has 0 unspecified atom stereocenters. The lowest BCUT2D eigenvalue weighted by Crippen LogP contribution is -2.08. The lowest BCUT2D eigenvalue weighted by Gasteiger charge is -2.14. The van der Waals surface area contributed by atoms with Gasteiger partial charge in [0.25, 0.3) is 0 Å². The average Bonchev–Trinajstić information content (AvgIpc) is 3.74. The highest BCUT2D eigenvalue weighted by atomic mass is 19.4. The Morgan fingerprint density at radius 2 is 1.22 bits per heavy atom. The molecule has 2 aliphatic rings. The molecule has 68 heavy (non-hydrogen) atoms. The number of hydrogen-bond acceptors (Lipinski definition) is 0. The molecule has 8 heteroatoms. The van der Waals surface area contributed by atoms with Crippen LogP contribution in [-0.2, 0) is 12.6 Å². The van der Waals surface area contributed by atoms with Gasteiger partial charge in [-0.15, -0.1) is 18.6 Å². The lowest BCUT2D eigenvalue weighted by molar-refractivity contribution is -0.137. The predicted octanol–water partition coefficient (Wildman–Crippen LogP) is 18.2. The second kappa shape index (κ2) is 22.4. The number of allylic oxidation sites excluding steroid dienone is 11. The molecule has 0 atom stereocenters. The maximum absolute atomic E-state index is 14.0. The number of para-hydroxylation sites is 3. The minimum atomic E-state index is -4.54. The predicted molar refractivity (Wildman–Crippen MR) is 275 cm³/mol. The van der Waals surface area contributed by atoms with Crippen molar-refractivity contribution in [1.29, 1.82) is 0 Å². The number of aromatic nitrogens is 2. The number of aryl methyl sites for hydroxylation is 1. The topological polar surface area (TPSA) is 9.86 Å². The molecule has 0 spiro atoms. The zero-order valence-corrected chi connectivity index (χ0v) is 38.9. The summed E-state index contributed by atoms with van der Waals surface area (Å²) in [7, 11) is 0. The second-order valence-electron chi connectivity index (χ2n) is 15.6. The molecule has 0 saturated carbocycles. The quantitative estimate of drug-likeness (QED) is 0.0622. The maximum Gasteiger partial charge on any atom is 0.416 e. The Balaban J connectivity index is 0.00000122. The summed E-state index contributed by atoms with van der Waals surface area (Å²) in [6.07, 6.45) is 20.9. The van der Waals surface area contributed by atoms with Crippen molar-refractivity contribution in [3.8, 4) is 24.0 Å². The van der Waals surface area contributed by atoms with Gasteiger partial charge in [-0.2, -0.15) is 26.3 Å². The highest BCUT2D eigenvalue weighted by Gasteiger charge is 2.31. The summed E-state index contributed by atoms with van der Waals surface area (Å²) in [6.45, 7) is 9.02. The first kappa shape index (κ1) is 50.0. The van der Waals surface area contributed by atoms with Gasteiger partial charge >= 0.3 is 12.4 Å². The number of benzene rings is 5. The molecule has 7 aromatic rings.